The van der Waals surface area contributed by atoms with Crippen LogP contribution in [0.5, 0.6) is 5.75 Å². The van der Waals surface area contributed by atoms with E-state index in [-0.39, 0.29) is 17.9 Å². The lowest BCUT2D eigenvalue weighted by Crippen LogP contribution is -2.33. The number of rotatable bonds is 7. The minimum atomic E-state index is -0.782. The molecule has 2 aromatic carbocycles. The van der Waals surface area contributed by atoms with Crippen molar-refractivity contribution in [3.05, 3.63) is 98.5 Å². The molecule has 0 unspecified atom stereocenters. The molecular weight excluding hydrogens is 472 g/mol. The van der Waals surface area contributed by atoms with Crippen LogP contribution >= 0.6 is 22.9 Å². The van der Waals surface area contributed by atoms with Crippen LogP contribution in [0.1, 0.15) is 26.8 Å². The summed E-state index contributed by atoms with van der Waals surface area (Å²) in [6.07, 6.45) is 2.41. The molecule has 1 atom stereocenters. The first-order chi connectivity index (χ1) is 16.5. The number of Topliss-reactive ketones (excluding diaryl/α,β-unsaturated/α-hetero) is 1. The molecule has 0 spiro atoms. The number of aromatic amines is 1. The lowest BCUT2D eigenvalue weighted by molar-refractivity contribution is -0.129. The lowest BCUT2D eigenvalue weighted by Gasteiger charge is -2.27. The Hall–Kier alpha value is -3.55. The molecule has 6 nitrogen and oxygen atoms in total. The second kappa shape index (κ2) is 9.00. The van der Waals surface area contributed by atoms with Gasteiger partial charge in [-0.05, 0) is 53.3 Å². The van der Waals surface area contributed by atoms with Gasteiger partial charge in [-0.15, -0.1) is 11.3 Å². The number of H-pyrrole nitrogens is 1. The van der Waals surface area contributed by atoms with Gasteiger partial charge in [0.15, 0.2) is 5.76 Å². The minimum absolute atomic E-state index is 0.0566. The number of hydrogen-bond acceptors (Lipinski definition) is 5. The topological polar surface area (TPSA) is 82.6 Å². The van der Waals surface area contributed by atoms with Gasteiger partial charge in [0.2, 0.25) is 5.78 Å². The van der Waals surface area contributed by atoms with Crippen molar-refractivity contribution in [1.29, 1.82) is 0 Å². The summed E-state index contributed by atoms with van der Waals surface area (Å²) in [5.41, 5.74) is 2.61. The fourth-order valence-corrected chi connectivity index (χ4v) is 5.33. The van der Waals surface area contributed by atoms with Crippen molar-refractivity contribution >= 4 is 45.5 Å². The predicted octanol–water partition coefficient (Wildman–Crippen LogP) is 5.71. The summed E-state index contributed by atoms with van der Waals surface area (Å²) in [4.78, 5) is 31.8. The van der Waals surface area contributed by atoms with E-state index in [2.05, 4.69) is 4.98 Å². The van der Waals surface area contributed by atoms with Gasteiger partial charge in [0.05, 0.1) is 23.6 Å². The van der Waals surface area contributed by atoms with Gasteiger partial charge in [0.25, 0.3) is 5.91 Å². The number of aliphatic hydroxyl groups is 1. The number of carbonyl (C=O) groups is 2. The van der Waals surface area contributed by atoms with Crippen molar-refractivity contribution in [3.63, 3.8) is 0 Å². The van der Waals surface area contributed by atoms with Crippen LogP contribution in [-0.4, -0.2) is 40.3 Å². The molecule has 2 aromatic heterocycles. The van der Waals surface area contributed by atoms with Gasteiger partial charge in [0, 0.05) is 28.7 Å². The summed E-state index contributed by atoms with van der Waals surface area (Å²) < 4.78 is 5.35. The summed E-state index contributed by atoms with van der Waals surface area (Å²) in [5.74, 6) is -0.737. The molecule has 0 fully saturated rings. The Labute approximate surface area is 205 Å². The van der Waals surface area contributed by atoms with Crippen LogP contribution in [0.15, 0.2) is 77.5 Å². The van der Waals surface area contributed by atoms with Crippen molar-refractivity contribution in [2.45, 2.75) is 12.5 Å². The van der Waals surface area contributed by atoms with Crippen LogP contribution in [0.2, 0.25) is 5.02 Å². The van der Waals surface area contributed by atoms with E-state index in [9.17, 15) is 14.7 Å². The Morgan fingerprint density at radius 3 is 2.76 bits per heavy atom. The zero-order valence-electron chi connectivity index (χ0n) is 18.2. The number of nitrogens with zero attached hydrogens (tertiary/aromatic N) is 1. The molecule has 2 N–H and O–H groups in total. The summed E-state index contributed by atoms with van der Waals surface area (Å²) >= 11 is 7.77. The SMILES string of the molecule is COc1ccc2[nH]cc(CCN3C(=O)C(O)=C(C(=O)c4cccs4)[C@@H]3c3ccccc3Cl)c2c1. The van der Waals surface area contributed by atoms with Gasteiger partial charge in [-0.2, -0.15) is 0 Å². The molecule has 0 bridgehead atoms. The maximum absolute atomic E-state index is 13.3. The first kappa shape index (κ1) is 22.3. The molecular formula is C26H21ClN2O4S. The number of benzene rings is 2. The van der Waals surface area contributed by atoms with Gasteiger partial charge in [-0.3, -0.25) is 9.59 Å². The van der Waals surface area contributed by atoms with Crippen LogP contribution in [0.3, 0.4) is 0 Å². The second-order valence-corrected chi connectivity index (χ2v) is 9.32. The molecule has 0 saturated carbocycles. The van der Waals surface area contributed by atoms with Crippen molar-refractivity contribution < 1.29 is 19.4 Å². The largest absolute Gasteiger partial charge is 0.503 e. The first-order valence-corrected chi connectivity index (χ1v) is 12.0. The highest BCUT2D eigenvalue weighted by Crippen LogP contribution is 2.42. The number of aliphatic hydroxyl groups excluding tert-OH is 1. The van der Waals surface area contributed by atoms with Crippen LogP contribution in [0, 0.1) is 0 Å². The zero-order chi connectivity index (χ0) is 23.8. The van der Waals surface area contributed by atoms with Crippen LogP contribution < -0.4 is 4.74 Å². The molecule has 172 valence electrons. The van der Waals surface area contributed by atoms with Gasteiger partial charge in [-0.25, -0.2) is 0 Å². The Balaban J connectivity index is 1.52. The third-order valence-corrected chi connectivity index (χ3v) is 7.30. The maximum Gasteiger partial charge on any atom is 0.290 e. The van der Waals surface area contributed by atoms with Gasteiger partial charge in [-0.1, -0.05) is 35.9 Å². The quantitative estimate of drug-likeness (QED) is 0.323. The van der Waals surface area contributed by atoms with Gasteiger partial charge in [0.1, 0.15) is 5.75 Å². The fourth-order valence-electron chi connectivity index (χ4n) is 4.41. The van der Waals surface area contributed by atoms with Crippen molar-refractivity contribution in [2.24, 2.45) is 0 Å². The molecule has 8 heteroatoms. The fraction of sp³-hybridized carbons (Fsp3) is 0.154. The van der Waals surface area contributed by atoms with E-state index in [0.717, 1.165) is 22.2 Å². The Kier molecular flexibility index (Phi) is 5.89. The molecule has 3 heterocycles. The lowest BCUT2D eigenvalue weighted by atomic mass is 9.95. The summed E-state index contributed by atoms with van der Waals surface area (Å²) in [5, 5.41) is 14.0. The second-order valence-electron chi connectivity index (χ2n) is 7.97. The molecule has 1 aliphatic rings. The predicted molar refractivity (Wildman–Crippen MR) is 133 cm³/mol. The minimum Gasteiger partial charge on any atom is -0.503 e. The Morgan fingerprint density at radius 1 is 1.21 bits per heavy atom. The van der Waals surface area contributed by atoms with E-state index in [0.29, 0.717) is 21.9 Å². The van der Waals surface area contributed by atoms with Crippen LogP contribution in [0.4, 0.5) is 0 Å². The number of carbonyl (C=O) groups excluding carboxylic acids is 2. The highest BCUT2D eigenvalue weighted by atomic mass is 35.5. The van der Waals surface area contributed by atoms with E-state index in [1.807, 2.05) is 24.4 Å². The van der Waals surface area contributed by atoms with Gasteiger partial charge >= 0.3 is 0 Å². The van der Waals surface area contributed by atoms with E-state index in [4.69, 9.17) is 16.3 Å². The molecule has 5 rings (SSSR count). The van der Waals surface area contributed by atoms with E-state index < -0.39 is 17.7 Å². The number of hydrogen-bond donors (Lipinski definition) is 2. The standard InChI is InChI=1S/C26H21ClN2O4S/c1-33-16-8-9-20-18(13-16)15(14-28-20)10-11-29-23(17-5-2-3-6-19(17)27)22(25(31)26(29)32)24(30)21-7-4-12-34-21/h2-9,12-14,23,28,31H,10-11H2,1H3/t23-/m0/s1. The zero-order valence-corrected chi connectivity index (χ0v) is 19.8. The summed E-state index contributed by atoms with van der Waals surface area (Å²) in [6.45, 7) is 0.282. The van der Waals surface area contributed by atoms with E-state index in [1.54, 1.807) is 48.9 Å². The third kappa shape index (κ3) is 3.77. The highest BCUT2D eigenvalue weighted by molar-refractivity contribution is 7.12. The average molecular weight is 493 g/mol. The molecule has 1 aliphatic heterocycles. The van der Waals surface area contributed by atoms with Crippen LogP contribution in [-0.2, 0) is 11.2 Å². The molecule has 4 aromatic rings. The number of thiophene rings is 1. The van der Waals surface area contributed by atoms with Crippen molar-refractivity contribution in [1.82, 2.24) is 9.88 Å². The van der Waals surface area contributed by atoms with Crippen molar-refractivity contribution in [2.75, 3.05) is 13.7 Å². The van der Waals surface area contributed by atoms with E-state index in [1.165, 1.54) is 16.2 Å². The average Bonchev–Trinajstić information content (AvgIpc) is 3.57. The number of methoxy groups -OCH3 is 1. The monoisotopic (exact) mass is 492 g/mol. The number of nitrogens with one attached hydrogen (secondary N) is 1. The highest BCUT2D eigenvalue weighted by Gasteiger charge is 2.44. The van der Waals surface area contributed by atoms with E-state index >= 15 is 0 Å². The number of ketones is 1. The Morgan fingerprint density at radius 2 is 2.03 bits per heavy atom. The number of amides is 1. The Bertz CT molecular complexity index is 1420. The van der Waals surface area contributed by atoms with Gasteiger partial charge < -0.3 is 19.7 Å². The number of ether oxygens (including phenoxy) is 1. The number of aromatic nitrogens is 1. The summed E-state index contributed by atoms with van der Waals surface area (Å²) in [7, 11) is 1.62. The number of halogens is 1. The molecule has 0 saturated heterocycles. The molecule has 34 heavy (non-hydrogen) atoms. The van der Waals surface area contributed by atoms with Crippen molar-refractivity contribution in [3.8, 4) is 5.75 Å². The molecule has 0 radical (unpaired) electrons. The smallest absolute Gasteiger partial charge is 0.290 e. The van der Waals surface area contributed by atoms with Crippen LogP contribution in [0.25, 0.3) is 10.9 Å². The summed E-state index contributed by atoms with van der Waals surface area (Å²) in [6, 6.07) is 15.5. The molecule has 1 amide bonds. The first-order valence-electron chi connectivity index (χ1n) is 10.7. The maximum atomic E-state index is 13.3. The number of fused-ring (bicyclic) bond motifs is 1. The third-order valence-electron chi connectivity index (χ3n) is 6.09. The normalized spacial score (nSPS) is 16.0. The molecule has 0 aliphatic carbocycles.